The summed E-state index contributed by atoms with van der Waals surface area (Å²) in [5.41, 5.74) is 2.51. The molecule has 0 bridgehead atoms. The number of aryl methyl sites for hydroxylation is 1. The molecule has 1 rings (SSSR count). The average Bonchev–Trinajstić information content (AvgIpc) is 2.19. The van der Waals surface area contributed by atoms with Gasteiger partial charge in [0.25, 0.3) is 0 Å². The molecule has 1 amide bonds. The first-order valence-electron chi connectivity index (χ1n) is 4.64. The molecule has 1 N–H and O–H groups in total. The van der Waals surface area contributed by atoms with E-state index in [4.69, 9.17) is 0 Å². The monoisotopic (exact) mass is 206 g/mol. The fourth-order valence-electron chi connectivity index (χ4n) is 0.910. The molecule has 0 spiro atoms. The van der Waals surface area contributed by atoms with Crippen molar-refractivity contribution in [3.8, 4) is 0 Å². The first-order valence-corrected chi connectivity index (χ1v) is 4.64. The Labute approximate surface area is 88.9 Å². The van der Waals surface area contributed by atoms with Crippen LogP contribution in [0.1, 0.15) is 19.4 Å². The molecule has 0 aliphatic heterocycles. The SMILES string of the molecule is CC(C)=NOC(=O)Nc1ccc(C)cc1. The maximum Gasteiger partial charge on any atom is 0.437 e. The van der Waals surface area contributed by atoms with E-state index in [1.807, 2.05) is 19.1 Å². The summed E-state index contributed by atoms with van der Waals surface area (Å²) < 4.78 is 0. The minimum absolute atomic E-state index is 0.583. The predicted octanol–water partition coefficient (Wildman–Crippen LogP) is 2.94. The maximum absolute atomic E-state index is 11.2. The first-order chi connectivity index (χ1) is 7.08. The van der Waals surface area contributed by atoms with Crippen LogP contribution in [0.4, 0.5) is 10.5 Å². The molecule has 0 unspecified atom stereocenters. The number of oxime groups is 1. The molecule has 0 heterocycles. The number of benzene rings is 1. The van der Waals surface area contributed by atoms with Crippen LogP contribution in [0.15, 0.2) is 29.4 Å². The molecule has 0 saturated heterocycles. The molecule has 0 aliphatic rings. The number of rotatable bonds is 2. The van der Waals surface area contributed by atoms with E-state index in [0.717, 1.165) is 5.56 Å². The van der Waals surface area contributed by atoms with E-state index in [0.29, 0.717) is 11.4 Å². The summed E-state index contributed by atoms with van der Waals surface area (Å²) in [5, 5.41) is 6.10. The number of carbonyl (C=O) groups excluding carboxylic acids is 1. The van der Waals surface area contributed by atoms with Gasteiger partial charge in [0, 0.05) is 5.69 Å². The highest BCUT2D eigenvalue weighted by molar-refractivity contribution is 5.85. The third kappa shape index (κ3) is 4.26. The molecule has 15 heavy (non-hydrogen) atoms. The predicted molar refractivity (Wildman–Crippen MR) is 60.1 cm³/mol. The van der Waals surface area contributed by atoms with Crippen molar-refractivity contribution in [2.24, 2.45) is 5.16 Å². The molecule has 0 atom stereocenters. The quantitative estimate of drug-likeness (QED) is 0.459. The van der Waals surface area contributed by atoms with Gasteiger partial charge in [-0.3, -0.25) is 10.2 Å². The zero-order valence-electron chi connectivity index (χ0n) is 9.07. The fourth-order valence-corrected chi connectivity index (χ4v) is 0.910. The lowest BCUT2D eigenvalue weighted by Gasteiger charge is -2.02. The fraction of sp³-hybridized carbons (Fsp3) is 0.273. The highest BCUT2D eigenvalue weighted by atomic mass is 16.7. The Hall–Kier alpha value is -1.84. The van der Waals surface area contributed by atoms with Gasteiger partial charge in [-0.1, -0.05) is 22.9 Å². The second-order valence-corrected chi connectivity index (χ2v) is 3.41. The minimum atomic E-state index is -0.583. The Balaban J connectivity index is 2.51. The van der Waals surface area contributed by atoms with Crippen molar-refractivity contribution in [1.29, 1.82) is 0 Å². The maximum atomic E-state index is 11.2. The van der Waals surface area contributed by atoms with Crippen LogP contribution in [0.25, 0.3) is 0 Å². The number of nitrogens with zero attached hydrogens (tertiary/aromatic N) is 1. The molecule has 0 aliphatic carbocycles. The van der Waals surface area contributed by atoms with E-state index < -0.39 is 6.09 Å². The zero-order valence-corrected chi connectivity index (χ0v) is 9.07. The average molecular weight is 206 g/mol. The summed E-state index contributed by atoms with van der Waals surface area (Å²) in [6.45, 7) is 5.48. The molecule has 1 aromatic carbocycles. The van der Waals surface area contributed by atoms with Crippen LogP contribution in [0.2, 0.25) is 0 Å². The lowest BCUT2D eigenvalue weighted by molar-refractivity contribution is 0.166. The van der Waals surface area contributed by atoms with Crippen molar-refractivity contribution in [1.82, 2.24) is 0 Å². The van der Waals surface area contributed by atoms with Crippen LogP contribution in [-0.2, 0) is 4.84 Å². The summed E-state index contributed by atoms with van der Waals surface area (Å²) in [6, 6.07) is 7.42. The van der Waals surface area contributed by atoms with Gasteiger partial charge in [0.2, 0.25) is 0 Å². The van der Waals surface area contributed by atoms with Crippen molar-refractivity contribution in [2.45, 2.75) is 20.8 Å². The van der Waals surface area contributed by atoms with Crippen molar-refractivity contribution < 1.29 is 9.63 Å². The van der Waals surface area contributed by atoms with Gasteiger partial charge in [0.05, 0.1) is 5.71 Å². The number of nitrogens with one attached hydrogen (secondary N) is 1. The van der Waals surface area contributed by atoms with Gasteiger partial charge in [-0.25, -0.2) is 4.79 Å². The molecule has 0 radical (unpaired) electrons. The normalized spacial score (nSPS) is 9.27. The van der Waals surface area contributed by atoms with Crippen LogP contribution < -0.4 is 5.32 Å². The van der Waals surface area contributed by atoms with Crippen molar-refractivity contribution >= 4 is 17.5 Å². The van der Waals surface area contributed by atoms with Crippen LogP contribution in [-0.4, -0.2) is 11.8 Å². The van der Waals surface area contributed by atoms with E-state index >= 15 is 0 Å². The Morgan fingerprint density at radius 2 is 1.87 bits per heavy atom. The van der Waals surface area contributed by atoms with Gasteiger partial charge in [-0.2, -0.15) is 0 Å². The van der Waals surface area contributed by atoms with Gasteiger partial charge < -0.3 is 0 Å². The summed E-state index contributed by atoms with van der Waals surface area (Å²) >= 11 is 0. The van der Waals surface area contributed by atoms with Crippen molar-refractivity contribution in [2.75, 3.05) is 5.32 Å². The molecular formula is C11H14N2O2. The van der Waals surface area contributed by atoms with Gasteiger partial charge in [-0.05, 0) is 32.9 Å². The Morgan fingerprint density at radius 1 is 1.27 bits per heavy atom. The standard InChI is InChI=1S/C11H14N2O2/c1-8(2)13-15-11(14)12-10-6-4-9(3)5-7-10/h4-7H,1-3H3,(H,12,14). The Morgan fingerprint density at radius 3 is 2.40 bits per heavy atom. The largest absolute Gasteiger partial charge is 0.437 e. The smallest absolute Gasteiger partial charge is 0.298 e. The topological polar surface area (TPSA) is 50.7 Å². The molecular weight excluding hydrogens is 192 g/mol. The summed E-state index contributed by atoms with van der Waals surface area (Å²) in [4.78, 5) is 15.7. The third-order valence-corrected chi connectivity index (χ3v) is 1.61. The number of hydrogen-bond acceptors (Lipinski definition) is 3. The summed E-state index contributed by atoms with van der Waals surface area (Å²) in [7, 11) is 0. The van der Waals surface area contributed by atoms with Crippen LogP contribution in [0.5, 0.6) is 0 Å². The summed E-state index contributed by atoms with van der Waals surface area (Å²) in [5.74, 6) is 0. The van der Waals surface area contributed by atoms with Crippen molar-refractivity contribution in [3.63, 3.8) is 0 Å². The van der Waals surface area contributed by atoms with Gasteiger partial charge in [0.15, 0.2) is 0 Å². The van der Waals surface area contributed by atoms with E-state index in [-0.39, 0.29) is 0 Å². The highest BCUT2D eigenvalue weighted by Crippen LogP contribution is 2.08. The molecule has 0 fully saturated rings. The van der Waals surface area contributed by atoms with Crippen molar-refractivity contribution in [3.05, 3.63) is 29.8 Å². The molecule has 0 saturated carbocycles. The molecule has 0 aromatic heterocycles. The van der Waals surface area contributed by atoms with Gasteiger partial charge in [-0.15, -0.1) is 0 Å². The second-order valence-electron chi connectivity index (χ2n) is 3.41. The number of carbonyl (C=O) groups is 1. The van der Waals surface area contributed by atoms with Gasteiger partial charge >= 0.3 is 6.09 Å². The lowest BCUT2D eigenvalue weighted by atomic mass is 10.2. The second kappa shape index (κ2) is 5.14. The Bertz CT molecular complexity index is 365. The zero-order chi connectivity index (χ0) is 11.3. The minimum Gasteiger partial charge on any atom is -0.298 e. The van der Waals surface area contributed by atoms with Crippen LogP contribution in [0.3, 0.4) is 0 Å². The summed E-state index contributed by atoms with van der Waals surface area (Å²) in [6.07, 6.45) is -0.583. The molecule has 1 aromatic rings. The first kappa shape index (κ1) is 11.2. The number of amides is 1. The van der Waals surface area contributed by atoms with E-state index in [1.165, 1.54) is 0 Å². The highest BCUT2D eigenvalue weighted by Gasteiger charge is 2.01. The number of anilines is 1. The van der Waals surface area contributed by atoms with E-state index in [1.54, 1.807) is 26.0 Å². The Kier molecular flexibility index (Phi) is 3.85. The van der Waals surface area contributed by atoms with Gasteiger partial charge in [0.1, 0.15) is 0 Å². The van der Waals surface area contributed by atoms with E-state index in [9.17, 15) is 4.79 Å². The molecule has 4 nitrogen and oxygen atoms in total. The van der Waals surface area contributed by atoms with Crippen LogP contribution in [0, 0.1) is 6.92 Å². The lowest BCUT2D eigenvalue weighted by Crippen LogP contribution is -2.11. The molecule has 4 heteroatoms. The molecule has 80 valence electrons. The number of hydrogen-bond donors (Lipinski definition) is 1. The van der Waals surface area contributed by atoms with Crippen LogP contribution >= 0.6 is 0 Å². The third-order valence-electron chi connectivity index (χ3n) is 1.61. The van der Waals surface area contributed by atoms with E-state index in [2.05, 4.69) is 15.3 Å².